The van der Waals surface area contributed by atoms with Crippen LogP contribution in [-0.2, 0) is 18.4 Å². The lowest BCUT2D eigenvalue weighted by Crippen LogP contribution is -2.35. The van der Waals surface area contributed by atoms with Crippen molar-refractivity contribution in [2.75, 3.05) is 6.54 Å². The zero-order valence-electron chi connectivity index (χ0n) is 10.1. The minimum Gasteiger partial charge on any atom is -0.478 e. The number of hydrogen-bond donors (Lipinski definition) is 3. The molecule has 1 heterocycles. The molecule has 1 aliphatic rings. The Balaban J connectivity index is 1.83. The molecule has 98 valence electrons. The highest BCUT2D eigenvalue weighted by Crippen LogP contribution is 2.18. The minimum atomic E-state index is -1.01. The van der Waals surface area contributed by atoms with Crippen molar-refractivity contribution in [2.24, 2.45) is 7.05 Å². The van der Waals surface area contributed by atoms with E-state index in [9.17, 15) is 9.59 Å². The first-order chi connectivity index (χ1) is 8.58. The monoisotopic (exact) mass is 252 g/mol. The molecule has 0 aromatic carbocycles. The number of hydrogen-bond acceptors (Lipinski definition) is 4. The predicted molar refractivity (Wildman–Crippen MR) is 63.0 cm³/mol. The lowest BCUT2D eigenvalue weighted by Gasteiger charge is -2.07. The van der Waals surface area contributed by atoms with Crippen LogP contribution in [0.4, 0.5) is 0 Å². The molecule has 1 aromatic heterocycles. The molecular weight excluding hydrogens is 236 g/mol. The van der Waals surface area contributed by atoms with E-state index < -0.39 is 5.97 Å². The molecule has 0 radical (unpaired) electrons. The Labute approximate surface area is 104 Å². The van der Waals surface area contributed by atoms with Crippen LogP contribution in [0.2, 0.25) is 0 Å². The van der Waals surface area contributed by atoms with E-state index in [0.717, 1.165) is 12.8 Å². The van der Waals surface area contributed by atoms with Gasteiger partial charge in [0.1, 0.15) is 5.56 Å². The molecule has 0 aliphatic heterocycles. The van der Waals surface area contributed by atoms with Crippen LogP contribution in [0.3, 0.4) is 0 Å². The number of carboxylic acids is 1. The summed E-state index contributed by atoms with van der Waals surface area (Å²) in [4.78, 5) is 22.3. The number of rotatable bonds is 6. The summed E-state index contributed by atoms with van der Waals surface area (Å²) in [5, 5.41) is 18.6. The molecule has 0 spiro atoms. The number of carbonyl (C=O) groups excluding carboxylic acids is 1. The summed E-state index contributed by atoms with van der Waals surface area (Å²) in [6.45, 7) is 0.483. The Morgan fingerprint density at radius 3 is 2.89 bits per heavy atom. The molecule has 1 fully saturated rings. The molecule has 0 unspecified atom stereocenters. The average molecular weight is 252 g/mol. The first-order valence-electron chi connectivity index (χ1n) is 5.82. The van der Waals surface area contributed by atoms with E-state index in [2.05, 4.69) is 15.7 Å². The number of aromatic carboxylic acids is 1. The van der Waals surface area contributed by atoms with E-state index in [1.54, 1.807) is 7.05 Å². The van der Waals surface area contributed by atoms with E-state index in [0.29, 0.717) is 18.3 Å². The summed E-state index contributed by atoms with van der Waals surface area (Å²) in [6, 6.07) is 0.339. The Bertz CT molecular complexity index is 465. The van der Waals surface area contributed by atoms with E-state index in [1.165, 1.54) is 10.9 Å². The summed E-state index contributed by atoms with van der Waals surface area (Å²) >= 11 is 0. The van der Waals surface area contributed by atoms with E-state index in [-0.39, 0.29) is 18.0 Å². The van der Waals surface area contributed by atoms with Crippen LogP contribution >= 0.6 is 0 Å². The quantitative estimate of drug-likeness (QED) is 0.633. The number of aryl methyl sites for hydroxylation is 1. The number of carboxylic acid groups (broad SMARTS) is 1. The molecule has 1 aliphatic carbocycles. The van der Waals surface area contributed by atoms with E-state index >= 15 is 0 Å². The van der Waals surface area contributed by atoms with Crippen molar-refractivity contribution in [1.82, 2.24) is 20.4 Å². The molecule has 18 heavy (non-hydrogen) atoms. The second kappa shape index (κ2) is 5.18. The summed E-state index contributed by atoms with van der Waals surface area (Å²) < 4.78 is 1.50. The van der Waals surface area contributed by atoms with Crippen LogP contribution in [0.5, 0.6) is 0 Å². The Hall–Kier alpha value is -1.89. The maximum Gasteiger partial charge on any atom is 0.339 e. The molecule has 1 amide bonds. The molecule has 7 nitrogen and oxygen atoms in total. The van der Waals surface area contributed by atoms with Gasteiger partial charge in [-0.3, -0.25) is 9.48 Å². The van der Waals surface area contributed by atoms with Gasteiger partial charge in [-0.1, -0.05) is 0 Å². The fourth-order valence-corrected chi connectivity index (χ4v) is 1.65. The first kappa shape index (κ1) is 12.6. The standard InChI is InChI=1S/C11H16N4O3/c1-15-9(8(4-13-15)11(17)18)5-12-6-10(16)14-7-2-3-7/h4,7,12H,2-3,5-6H2,1H3,(H,14,16)(H,17,18). The van der Waals surface area contributed by atoms with Crippen molar-refractivity contribution >= 4 is 11.9 Å². The third-order valence-corrected chi connectivity index (χ3v) is 2.81. The zero-order chi connectivity index (χ0) is 13.1. The molecule has 2 rings (SSSR count). The Morgan fingerprint density at radius 2 is 2.28 bits per heavy atom. The van der Waals surface area contributed by atoms with Crippen molar-refractivity contribution in [3.05, 3.63) is 17.5 Å². The fourth-order valence-electron chi connectivity index (χ4n) is 1.65. The molecule has 0 bridgehead atoms. The number of nitrogens with one attached hydrogen (secondary N) is 2. The maximum atomic E-state index is 11.4. The van der Waals surface area contributed by atoms with Gasteiger partial charge >= 0.3 is 5.97 Å². The molecule has 0 atom stereocenters. The zero-order valence-corrected chi connectivity index (χ0v) is 10.1. The molecule has 3 N–H and O–H groups in total. The lowest BCUT2D eigenvalue weighted by atomic mass is 10.2. The third-order valence-electron chi connectivity index (χ3n) is 2.81. The van der Waals surface area contributed by atoms with Crippen molar-refractivity contribution in [3.8, 4) is 0 Å². The van der Waals surface area contributed by atoms with Gasteiger partial charge in [-0.2, -0.15) is 5.10 Å². The molecule has 0 saturated heterocycles. The Morgan fingerprint density at radius 1 is 1.56 bits per heavy atom. The number of amides is 1. The topological polar surface area (TPSA) is 96.2 Å². The maximum absolute atomic E-state index is 11.4. The van der Waals surface area contributed by atoms with Crippen molar-refractivity contribution in [2.45, 2.75) is 25.4 Å². The molecule has 7 heteroatoms. The third kappa shape index (κ3) is 3.07. The Kier molecular flexibility index (Phi) is 3.61. The van der Waals surface area contributed by atoms with Gasteiger partial charge in [0.25, 0.3) is 0 Å². The smallest absolute Gasteiger partial charge is 0.339 e. The predicted octanol–water partition coefficient (Wildman–Crippen LogP) is -0.513. The van der Waals surface area contributed by atoms with Gasteiger partial charge in [-0.15, -0.1) is 0 Å². The van der Waals surface area contributed by atoms with Gasteiger partial charge in [-0.25, -0.2) is 4.79 Å². The summed E-state index contributed by atoms with van der Waals surface area (Å²) in [5.74, 6) is -1.07. The lowest BCUT2D eigenvalue weighted by molar-refractivity contribution is -0.120. The summed E-state index contributed by atoms with van der Waals surface area (Å²) in [6.07, 6.45) is 3.41. The number of aromatic nitrogens is 2. The number of nitrogens with zero attached hydrogens (tertiary/aromatic N) is 2. The van der Waals surface area contributed by atoms with Crippen LogP contribution < -0.4 is 10.6 Å². The highest BCUT2D eigenvalue weighted by Gasteiger charge is 2.23. The van der Waals surface area contributed by atoms with Gasteiger partial charge < -0.3 is 15.7 Å². The molecular formula is C11H16N4O3. The van der Waals surface area contributed by atoms with Gasteiger partial charge in [-0.05, 0) is 12.8 Å². The largest absolute Gasteiger partial charge is 0.478 e. The van der Waals surface area contributed by atoms with Crippen LogP contribution in [-0.4, -0.2) is 39.4 Å². The van der Waals surface area contributed by atoms with Gasteiger partial charge in [0.05, 0.1) is 18.4 Å². The first-order valence-corrected chi connectivity index (χ1v) is 5.82. The van der Waals surface area contributed by atoms with Gasteiger partial charge in [0.2, 0.25) is 5.91 Å². The SMILES string of the molecule is Cn1ncc(C(=O)O)c1CNCC(=O)NC1CC1. The molecule has 1 saturated carbocycles. The second-order valence-corrected chi connectivity index (χ2v) is 4.38. The van der Waals surface area contributed by atoms with Crippen LogP contribution in [0, 0.1) is 0 Å². The van der Waals surface area contributed by atoms with Crippen LogP contribution in [0.25, 0.3) is 0 Å². The average Bonchev–Trinajstić information content (AvgIpc) is 3.02. The van der Waals surface area contributed by atoms with Gasteiger partial charge in [0, 0.05) is 19.6 Å². The normalized spacial score (nSPS) is 14.5. The van der Waals surface area contributed by atoms with Gasteiger partial charge in [0.15, 0.2) is 0 Å². The fraction of sp³-hybridized carbons (Fsp3) is 0.545. The highest BCUT2D eigenvalue weighted by atomic mass is 16.4. The second-order valence-electron chi connectivity index (χ2n) is 4.38. The minimum absolute atomic E-state index is 0.0588. The van der Waals surface area contributed by atoms with E-state index in [4.69, 9.17) is 5.11 Å². The highest BCUT2D eigenvalue weighted by molar-refractivity contribution is 5.88. The van der Waals surface area contributed by atoms with Crippen molar-refractivity contribution in [3.63, 3.8) is 0 Å². The summed E-state index contributed by atoms with van der Waals surface area (Å²) in [7, 11) is 1.67. The van der Waals surface area contributed by atoms with Crippen LogP contribution in [0.1, 0.15) is 28.9 Å². The number of carbonyl (C=O) groups is 2. The van der Waals surface area contributed by atoms with Crippen molar-refractivity contribution < 1.29 is 14.7 Å². The molecule has 1 aromatic rings. The van der Waals surface area contributed by atoms with Crippen molar-refractivity contribution in [1.29, 1.82) is 0 Å². The van der Waals surface area contributed by atoms with E-state index in [1.807, 2.05) is 0 Å². The van der Waals surface area contributed by atoms with Crippen LogP contribution in [0.15, 0.2) is 6.20 Å². The summed E-state index contributed by atoms with van der Waals surface area (Å²) in [5.41, 5.74) is 0.717.